The maximum absolute atomic E-state index is 4.93. The average Bonchev–Trinajstić information content (AvgIpc) is 2.92. The van der Waals surface area contributed by atoms with Crippen LogP contribution in [0.3, 0.4) is 0 Å². The van der Waals surface area contributed by atoms with E-state index in [-0.39, 0.29) is 0 Å². The van der Waals surface area contributed by atoms with Crippen LogP contribution in [-0.4, -0.2) is 29.9 Å². The van der Waals surface area contributed by atoms with Gasteiger partial charge in [0.1, 0.15) is 0 Å². The molecule has 0 heterocycles. The number of allylic oxidation sites excluding steroid dienone is 4. The second-order valence-corrected chi connectivity index (χ2v) is 9.65. The molecule has 0 unspecified atom stereocenters. The van der Waals surface area contributed by atoms with Gasteiger partial charge in [-0.25, -0.2) is 0 Å². The number of rotatable bonds is 1. The third kappa shape index (κ3) is 26.6. The zero-order valence-electron chi connectivity index (χ0n) is 11.5. The zero-order valence-corrected chi connectivity index (χ0v) is 16.6. The summed E-state index contributed by atoms with van der Waals surface area (Å²) in [6.07, 6.45) is 8.91. The molecule has 0 aromatic carbocycles. The Labute approximate surface area is 127 Å². The van der Waals surface area contributed by atoms with Gasteiger partial charge in [0.2, 0.25) is 0 Å². The molecule has 0 spiro atoms. The van der Waals surface area contributed by atoms with Crippen molar-refractivity contribution in [1.29, 1.82) is 0 Å². The van der Waals surface area contributed by atoms with Gasteiger partial charge in [-0.05, 0) is 26.7 Å². The van der Waals surface area contributed by atoms with Crippen molar-refractivity contribution >= 4 is 25.8 Å². The van der Waals surface area contributed by atoms with Crippen LogP contribution in [0.4, 0.5) is 0 Å². The number of hydrogen-bond donors (Lipinski definition) is 3. The minimum absolute atomic E-state index is 0.397. The number of halogens is 2. The van der Waals surface area contributed by atoms with E-state index in [1.807, 2.05) is 0 Å². The monoisotopic (exact) mass is 377 g/mol. The van der Waals surface area contributed by atoms with E-state index < -0.39 is 29.6 Å². The Morgan fingerprint density at radius 3 is 1.24 bits per heavy atom. The van der Waals surface area contributed by atoms with Gasteiger partial charge >= 0.3 is 37.9 Å². The quantitative estimate of drug-likeness (QED) is 0.610. The molecule has 3 nitrogen and oxygen atoms in total. The van der Waals surface area contributed by atoms with Crippen LogP contribution in [0.1, 0.15) is 0 Å². The summed E-state index contributed by atoms with van der Waals surface area (Å²) in [6, 6.07) is 0. The molecule has 0 amide bonds. The van der Waals surface area contributed by atoms with Crippen molar-refractivity contribution in [3.63, 3.8) is 0 Å². The van der Waals surface area contributed by atoms with Crippen LogP contribution in [0.2, 0.25) is 18.6 Å². The molecular formula is C10H27Cl2N3SiZr. The van der Waals surface area contributed by atoms with Crippen molar-refractivity contribution in [3.8, 4) is 0 Å². The van der Waals surface area contributed by atoms with Gasteiger partial charge in [0, 0.05) is 8.80 Å². The van der Waals surface area contributed by atoms with Crippen molar-refractivity contribution in [2.75, 3.05) is 21.1 Å². The van der Waals surface area contributed by atoms with Crippen LogP contribution in [0.15, 0.2) is 24.3 Å². The van der Waals surface area contributed by atoms with Gasteiger partial charge in [0.05, 0.1) is 0 Å². The van der Waals surface area contributed by atoms with E-state index in [2.05, 4.69) is 54.6 Å². The first kappa shape index (κ1) is 26.6. The summed E-state index contributed by atoms with van der Waals surface area (Å²) in [7, 11) is 14.0. The first-order chi connectivity index (χ1) is 8.22. The molecule has 0 bridgehead atoms. The molecule has 104 valence electrons. The third-order valence-electron chi connectivity index (χ3n) is 1.55. The van der Waals surface area contributed by atoms with Crippen LogP contribution < -0.4 is 17.2 Å². The van der Waals surface area contributed by atoms with E-state index in [1.165, 1.54) is 21.1 Å². The van der Waals surface area contributed by atoms with E-state index in [0.717, 1.165) is 5.54 Å². The molecule has 17 heavy (non-hydrogen) atoms. The molecule has 6 N–H and O–H groups in total. The van der Waals surface area contributed by atoms with Crippen LogP contribution in [0.5, 0.6) is 0 Å². The van der Waals surface area contributed by atoms with Gasteiger partial charge in [-0.2, -0.15) is 0 Å². The Bertz CT molecular complexity index is 146. The van der Waals surface area contributed by atoms with E-state index in [9.17, 15) is 0 Å². The summed E-state index contributed by atoms with van der Waals surface area (Å²) in [6.45, 7) is 4.76. The molecule has 0 radical (unpaired) electrons. The topological polar surface area (TPSA) is 78.1 Å². The summed E-state index contributed by atoms with van der Waals surface area (Å²) in [5.41, 5.74) is 14.3. The summed E-state index contributed by atoms with van der Waals surface area (Å²) >= 11 is -0.826. The fourth-order valence-electron chi connectivity index (χ4n) is 0.893. The Kier molecular flexibility index (Phi) is 47.3. The maximum atomic E-state index is 4.93. The van der Waals surface area contributed by atoms with E-state index in [4.69, 9.17) is 17.0 Å². The molecular weight excluding hydrogens is 352 g/mol. The molecule has 0 fully saturated rings. The fraction of sp³-hybridized carbons (Fsp3) is 0.600. The van der Waals surface area contributed by atoms with Gasteiger partial charge in [-0.15, -0.1) is 0 Å². The standard InChI is InChI=1S/C7H12Si.3CH5N.2ClH.Zr/c1-8(2)7-5-3-4-6-7;3*1-2;;;/h3-8H,1-2H3;3*2H2,1H3;2*1H;/q;;;;;;+2/p-2. The molecule has 7 heteroatoms. The first-order valence-electron chi connectivity index (χ1n) is 5.26. The summed E-state index contributed by atoms with van der Waals surface area (Å²) in [5, 5.41) is 0. The molecule has 0 aromatic heterocycles. The SMILES string of the molecule is CN.CN.CN.C[SiH](C)C1C=CC=C1.[Cl][Zr][Cl]. The molecule has 0 saturated heterocycles. The second kappa shape index (κ2) is 30.2. The van der Waals surface area contributed by atoms with Crippen molar-refractivity contribution in [2.24, 2.45) is 17.2 Å². The summed E-state index contributed by atoms with van der Waals surface area (Å²) < 4.78 is 0. The van der Waals surface area contributed by atoms with Gasteiger partial charge in [-0.1, -0.05) is 37.4 Å². The molecule has 1 rings (SSSR count). The third-order valence-corrected chi connectivity index (χ3v) is 3.53. The first-order valence-corrected chi connectivity index (χ1v) is 14.6. The predicted octanol–water partition coefficient (Wildman–Crippen LogP) is 2.07. The molecule has 0 aromatic rings. The van der Waals surface area contributed by atoms with E-state index in [1.54, 1.807) is 0 Å². The molecule has 1 aliphatic carbocycles. The summed E-state index contributed by atoms with van der Waals surface area (Å²) in [4.78, 5) is 0. The van der Waals surface area contributed by atoms with E-state index in [0.29, 0.717) is 0 Å². The molecule has 0 atom stereocenters. The fourth-order valence-corrected chi connectivity index (χ4v) is 2.04. The van der Waals surface area contributed by atoms with Crippen LogP contribution >= 0.6 is 17.0 Å². The van der Waals surface area contributed by atoms with Crippen molar-refractivity contribution < 1.29 is 20.8 Å². The minimum atomic E-state index is -0.826. The van der Waals surface area contributed by atoms with Crippen molar-refractivity contribution in [1.82, 2.24) is 0 Å². The van der Waals surface area contributed by atoms with Crippen molar-refractivity contribution in [2.45, 2.75) is 18.6 Å². The van der Waals surface area contributed by atoms with Gasteiger partial charge in [0.15, 0.2) is 0 Å². The second-order valence-electron chi connectivity index (χ2n) is 2.66. The Morgan fingerprint density at radius 1 is 0.882 bits per heavy atom. The Hall–Kier alpha value is 1.04. The number of hydrogen-bond acceptors (Lipinski definition) is 3. The predicted molar refractivity (Wildman–Crippen MR) is 82.9 cm³/mol. The average molecular weight is 380 g/mol. The zero-order chi connectivity index (χ0) is 14.7. The summed E-state index contributed by atoms with van der Waals surface area (Å²) in [5.74, 6) is 0. The molecule has 0 saturated carbocycles. The van der Waals surface area contributed by atoms with E-state index >= 15 is 0 Å². The van der Waals surface area contributed by atoms with Gasteiger partial charge in [-0.3, -0.25) is 0 Å². The number of nitrogens with two attached hydrogens (primary N) is 3. The Morgan fingerprint density at radius 2 is 1.12 bits per heavy atom. The van der Waals surface area contributed by atoms with Gasteiger partial charge in [0.25, 0.3) is 0 Å². The van der Waals surface area contributed by atoms with Gasteiger partial charge < -0.3 is 17.2 Å². The normalized spacial score (nSPS) is 10.8. The van der Waals surface area contributed by atoms with Crippen LogP contribution in [0, 0.1) is 0 Å². The van der Waals surface area contributed by atoms with Crippen molar-refractivity contribution in [3.05, 3.63) is 24.3 Å². The molecule has 0 aliphatic heterocycles. The molecule has 1 aliphatic rings. The van der Waals surface area contributed by atoms with Crippen LogP contribution in [0.25, 0.3) is 0 Å². The Balaban J connectivity index is -0.0000000801. The van der Waals surface area contributed by atoms with Crippen LogP contribution in [-0.2, 0) is 20.8 Å².